The Hall–Kier alpha value is -2.23. The van der Waals surface area contributed by atoms with E-state index in [-0.39, 0.29) is 47.3 Å². The number of methoxy groups -OCH3 is 1. The van der Waals surface area contributed by atoms with Crippen LogP contribution in [0.5, 0.6) is 5.75 Å². The summed E-state index contributed by atoms with van der Waals surface area (Å²) in [5, 5.41) is 17.3. The van der Waals surface area contributed by atoms with Gasteiger partial charge in [-0.3, -0.25) is 9.59 Å². The molecule has 42 heavy (non-hydrogen) atoms. The highest BCUT2D eigenvalue weighted by Gasteiger charge is 2.46. The van der Waals surface area contributed by atoms with Gasteiger partial charge in [-0.15, -0.1) is 0 Å². The van der Waals surface area contributed by atoms with Gasteiger partial charge in [0, 0.05) is 44.1 Å². The Morgan fingerprint density at radius 3 is 2.31 bits per heavy atom. The van der Waals surface area contributed by atoms with E-state index in [1.807, 2.05) is 34.6 Å². The van der Waals surface area contributed by atoms with Crippen molar-refractivity contribution in [2.45, 2.75) is 105 Å². The average Bonchev–Trinajstić information content (AvgIpc) is 3.67. The van der Waals surface area contributed by atoms with Crippen molar-refractivity contribution in [3.05, 3.63) is 29.6 Å². The second kappa shape index (κ2) is 16.0. The lowest BCUT2D eigenvalue weighted by Gasteiger charge is -2.30. The monoisotopic (exact) mass is 593 g/mol. The van der Waals surface area contributed by atoms with Gasteiger partial charge in [0.15, 0.2) is 11.6 Å². The molecule has 2 amide bonds. The number of aliphatic hydroxyl groups excluding tert-OH is 1. The highest BCUT2D eigenvalue weighted by atomic mass is 19.1. The van der Waals surface area contributed by atoms with Crippen LogP contribution in [-0.4, -0.2) is 61.5 Å². The minimum absolute atomic E-state index is 0.00795. The number of benzene rings is 1. The first-order valence-electron chi connectivity index (χ1n) is 15.5. The van der Waals surface area contributed by atoms with Crippen molar-refractivity contribution >= 4 is 11.8 Å². The molecule has 1 aliphatic rings. The van der Waals surface area contributed by atoms with Crippen LogP contribution in [0.3, 0.4) is 0 Å². The Morgan fingerprint density at radius 2 is 1.76 bits per heavy atom. The first kappa shape index (κ1) is 36.0. The standard InChI is InChI=1S/C33H56FN3O5/c1-21(2)24(16-23-10-11-26(34)29(17-23)42-15-9-14-41-8)18-27(35)28(38)19-25(22(3)4)30(39)36-20-33(12-13-33)37-31(40)32(5,6)7/h10-11,17,21-22,24-25,27-28,38H,9,12-16,18-20,35H2,1-8H3,(H,36,39)(H,37,40)/t24-,25-,27-,28-/m0/s1. The maximum atomic E-state index is 14.3. The van der Waals surface area contributed by atoms with E-state index in [9.17, 15) is 19.1 Å². The Kier molecular flexibility index (Phi) is 13.7. The number of ether oxygens (including phenoxy) is 2. The topological polar surface area (TPSA) is 123 Å². The van der Waals surface area contributed by atoms with Gasteiger partial charge in [-0.05, 0) is 67.6 Å². The molecule has 0 unspecified atom stereocenters. The van der Waals surface area contributed by atoms with E-state index in [1.54, 1.807) is 19.2 Å². The Labute approximate surface area is 252 Å². The minimum Gasteiger partial charge on any atom is -0.490 e. The molecule has 1 saturated carbocycles. The number of halogens is 1. The first-order chi connectivity index (χ1) is 19.6. The molecule has 9 heteroatoms. The van der Waals surface area contributed by atoms with Gasteiger partial charge in [0.05, 0.1) is 18.2 Å². The fourth-order valence-electron chi connectivity index (χ4n) is 5.00. The van der Waals surface area contributed by atoms with Crippen LogP contribution in [0.25, 0.3) is 0 Å². The van der Waals surface area contributed by atoms with Crippen molar-refractivity contribution in [2.24, 2.45) is 34.8 Å². The largest absolute Gasteiger partial charge is 0.490 e. The second-order valence-electron chi connectivity index (χ2n) is 13.9. The fraction of sp³-hybridized carbons (Fsp3) is 0.758. The van der Waals surface area contributed by atoms with E-state index in [2.05, 4.69) is 24.5 Å². The molecule has 1 fully saturated rings. The molecule has 8 nitrogen and oxygen atoms in total. The van der Waals surface area contributed by atoms with Crippen molar-refractivity contribution in [3.8, 4) is 5.75 Å². The molecular weight excluding hydrogens is 537 g/mol. The number of rotatable bonds is 18. The summed E-state index contributed by atoms with van der Waals surface area (Å²) in [5.74, 6) is -0.296. The lowest BCUT2D eigenvalue weighted by molar-refractivity contribution is -0.131. The summed E-state index contributed by atoms with van der Waals surface area (Å²) < 4.78 is 25.0. The molecular formula is C33H56FN3O5. The molecule has 0 spiro atoms. The number of aliphatic hydroxyl groups is 1. The molecule has 2 rings (SSSR count). The Balaban J connectivity index is 1.96. The van der Waals surface area contributed by atoms with Gasteiger partial charge < -0.3 is 30.9 Å². The second-order valence-corrected chi connectivity index (χ2v) is 13.9. The van der Waals surface area contributed by atoms with Crippen molar-refractivity contribution < 1.29 is 28.6 Å². The van der Waals surface area contributed by atoms with E-state index in [0.29, 0.717) is 39.0 Å². The Morgan fingerprint density at radius 1 is 1.10 bits per heavy atom. The first-order valence-corrected chi connectivity index (χ1v) is 15.5. The molecule has 240 valence electrons. The van der Waals surface area contributed by atoms with Crippen LogP contribution in [0.1, 0.15) is 86.1 Å². The highest BCUT2D eigenvalue weighted by molar-refractivity contribution is 5.83. The van der Waals surface area contributed by atoms with Gasteiger partial charge >= 0.3 is 0 Å². The molecule has 1 aromatic carbocycles. The number of carbonyl (C=O) groups is 2. The lowest BCUT2D eigenvalue weighted by atomic mass is 9.81. The normalized spacial score (nSPS) is 17.5. The van der Waals surface area contributed by atoms with Gasteiger partial charge in [0.25, 0.3) is 0 Å². The van der Waals surface area contributed by atoms with E-state index in [4.69, 9.17) is 15.2 Å². The zero-order chi connectivity index (χ0) is 31.7. The molecule has 0 saturated heterocycles. The van der Waals surface area contributed by atoms with Crippen molar-refractivity contribution in [3.63, 3.8) is 0 Å². The van der Waals surface area contributed by atoms with Crippen molar-refractivity contribution in [1.29, 1.82) is 0 Å². The van der Waals surface area contributed by atoms with Crippen LogP contribution in [0.2, 0.25) is 0 Å². The predicted octanol–water partition coefficient (Wildman–Crippen LogP) is 4.61. The maximum Gasteiger partial charge on any atom is 0.225 e. The van der Waals surface area contributed by atoms with Crippen LogP contribution in [0.15, 0.2) is 18.2 Å². The summed E-state index contributed by atoms with van der Waals surface area (Å²) in [6.45, 7) is 15.1. The van der Waals surface area contributed by atoms with Crippen molar-refractivity contribution in [2.75, 3.05) is 26.9 Å². The number of hydrogen-bond donors (Lipinski definition) is 4. The molecule has 1 aromatic rings. The van der Waals surface area contributed by atoms with Crippen LogP contribution >= 0.6 is 0 Å². The van der Waals surface area contributed by atoms with Crippen LogP contribution in [0, 0.1) is 34.9 Å². The zero-order valence-corrected chi connectivity index (χ0v) is 27.1. The van der Waals surface area contributed by atoms with E-state index in [1.165, 1.54) is 6.07 Å². The molecule has 0 aromatic heterocycles. The third kappa shape index (κ3) is 11.5. The number of nitrogens with two attached hydrogens (primary N) is 1. The zero-order valence-electron chi connectivity index (χ0n) is 27.1. The fourth-order valence-corrected chi connectivity index (χ4v) is 5.00. The van der Waals surface area contributed by atoms with Crippen LogP contribution in [-0.2, 0) is 20.7 Å². The van der Waals surface area contributed by atoms with Crippen LogP contribution < -0.4 is 21.1 Å². The third-order valence-corrected chi connectivity index (χ3v) is 8.41. The summed E-state index contributed by atoms with van der Waals surface area (Å²) in [7, 11) is 1.62. The highest BCUT2D eigenvalue weighted by Crippen LogP contribution is 2.36. The summed E-state index contributed by atoms with van der Waals surface area (Å²) in [6.07, 6.45) is 2.98. The molecule has 5 N–H and O–H groups in total. The minimum atomic E-state index is -0.854. The summed E-state index contributed by atoms with van der Waals surface area (Å²) >= 11 is 0. The summed E-state index contributed by atoms with van der Waals surface area (Å²) in [4.78, 5) is 25.7. The summed E-state index contributed by atoms with van der Waals surface area (Å²) in [6, 6.07) is 4.43. The quantitative estimate of drug-likeness (QED) is 0.185. The molecule has 1 aliphatic carbocycles. The number of carbonyl (C=O) groups excluding carboxylic acids is 2. The van der Waals surface area contributed by atoms with E-state index < -0.39 is 29.3 Å². The predicted molar refractivity (Wildman–Crippen MR) is 165 cm³/mol. The summed E-state index contributed by atoms with van der Waals surface area (Å²) in [5.41, 5.74) is 6.61. The molecule has 4 atom stereocenters. The molecule has 0 aliphatic heterocycles. The number of hydrogen-bond acceptors (Lipinski definition) is 6. The molecule has 0 radical (unpaired) electrons. The lowest BCUT2D eigenvalue weighted by Crippen LogP contribution is -2.50. The van der Waals surface area contributed by atoms with Gasteiger partial charge in [0.2, 0.25) is 11.8 Å². The molecule has 0 bridgehead atoms. The smallest absolute Gasteiger partial charge is 0.225 e. The maximum absolute atomic E-state index is 14.3. The third-order valence-electron chi connectivity index (χ3n) is 8.41. The van der Waals surface area contributed by atoms with E-state index in [0.717, 1.165) is 18.4 Å². The Bertz CT molecular complexity index is 1010. The van der Waals surface area contributed by atoms with Crippen molar-refractivity contribution in [1.82, 2.24) is 10.6 Å². The average molecular weight is 594 g/mol. The number of amides is 2. The van der Waals surface area contributed by atoms with Crippen LogP contribution in [0.4, 0.5) is 4.39 Å². The SMILES string of the molecule is COCCCOc1cc(C[C@@H](C[C@H](N)[C@@H](O)C[C@H](C(=O)NCC2(NC(=O)C(C)(C)C)CC2)C(C)C)C(C)C)ccc1F. The molecule has 0 heterocycles. The number of nitrogens with one attached hydrogen (secondary N) is 2. The van der Waals surface area contributed by atoms with Gasteiger partial charge in [-0.1, -0.05) is 54.5 Å². The van der Waals surface area contributed by atoms with Gasteiger partial charge in [0.1, 0.15) is 0 Å². The van der Waals surface area contributed by atoms with E-state index >= 15 is 0 Å². The van der Waals surface area contributed by atoms with Gasteiger partial charge in [-0.25, -0.2) is 4.39 Å². The van der Waals surface area contributed by atoms with Gasteiger partial charge in [-0.2, -0.15) is 0 Å².